The van der Waals surface area contributed by atoms with Crippen molar-refractivity contribution in [2.45, 2.75) is 32.0 Å². The van der Waals surface area contributed by atoms with E-state index in [1.54, 1.807) is 24.1 Å². The third-order valence-corrected chi connectivity index (χ3v) is 4.64. The van der Waals surface area contributed by atoms with Crippen LogP contribution in [-0.4, -0.2) is 53.5 Å². The minimum absolute atomic E-state index is 0.130. The third kappa shape index (κ3) is 3.00. The van der Waals surface area contributed by atoms with Crippen molar-refractivity contribution in [3.8, 4) is 0 Å². The van der Waals surface area contributed by atoms with Gasteiger partial charge in [-0.25, -0.2) is 9.67 Å². The molecule has 0 spiro atoms. The van der Waals surface area contributed by atoms with Crippen molar-refractivity contribution in [3.63, 3.8) is 0 Å². The zero-order chi connectivity index (χ0) is 17.4. The molecule has 3 aromatic rings. The number of aliphatic hydroxyl groups is 1. The Morgan fingerprint density at radius 1 is 1.36 bits per heavy atom. The Labute approximate surface area is 144 Å². The summed E-state index contributed by atoms with van der Waals surface area (Å²) in [5.74, 6) is 0.130. The van der Waals surface area contributed by atoms with Crippen molar-refractivity contribution in [2.24, 2.45) is 0 Å². The van der Waals surface area contributed by atoms with Crippen LogP contribution in [0.4, 0.5) is 0 Å². The molecule has 2 aromatic heterocycles. The van der Waals surface area contributed by atoms with Gasteiger partial charge in [0.1, 0.15) is 5.69 Å². The number of carbonyl (C=O) groups excluding carboxylic acids is 1. The van der Waals surface area contributed by atoms with Crippen LogP contribution in [0, 0.1) is 0 Å². The molecule has 0 bridgehead atoms. The number of para-hydroxylation sites is 2. The highest BCUT2D eigenvalue weighted by atomic mass is 16.3. The number of fused-ring (bicyclic) bond motifs is 1. The fourth-order valence-electron chi connectivity index (χ4n) is 3.05. The van der Waals surface area contributed by atoms with Gasteiger partial charge in [0.15, 0.2) is 0 Å². The van der Waals surface area contributed by atoms with E-state index < -0.39 is 6.10 Å². The molecule has 8 nitrogen and oxygen atoms in total. The van der Waals surface area contributed by atoms with E-state index in [9.17, 15) is 9.90 Å². The van der Waals surface area contributed by atoms with Crippen LogP contribution in [0.2, 0.25) is 0 Å². The van der Waals surface area contributed by atoms with Gasteiger partial charge in [0.05, 0.1) is 35.7 Å². The number of aryl methyl sites for hydroxylation is 1. The maximum atomic E-state index is 12.4. The number of aromatic nitrogens is 5. The Hall–Kier alpha value is -2.74. The van der Waals surface area contributed by atoms with E-state index in [1.807, 2.05) is 33.7 Å². The maximum absolute atomic E-state index is 12.4. The SMILES string of the molecule is CC(O)c1cn(C2CN(C(=O)CCn3cnc4ccccc43)C2)nn1. The smallest absolute Gasteiger partial charge is 0.224 e. The van der Waals surface area contributed by atoms with Gasteiger partial charge in [0.2, 0.25) is 5.91 Å². The lowest BCUT2D eigenvalue weighted by Crippen LogP contribution is -2.51. The number of likely N-dealkylation sites (tertiary alicyclic amines) is 1. The first-order chi connectivity index (χ1) is 12.1. The molecule has 130 valence electrons. The van der Waals surface area contributed by atoms with Crippen molar-refractivity contribution in [1.29, 1.82) is 0 Å². The number of nitrogens with zero attached hydrogens (tertiary/aromatic N) is 6. The van der Waals surface area contributed by atoms with Gasteiger partial charge in [0.25, 0.3) is 0 Å². The minimum Gasteiger partial charge on any atom is -0.387 e. The van der Waals surface area contributed by atoms with Crippen molar-refractivity contribution in [3.05, 3.63) is 42.5 Å². The highest BCUT2D eigenvalue weighted by Gasteiger charge is 2.32. The van der Waals surface area contributed by atoms with E-state index in [0.29, 0.717) is 31.7 Å². The number of amides is 1. The molecule has 1 atom stereocenters. The van der Waals surface area contributed by atoms with Crippen LogP contribution in [0.15, 0.2) is 36.8 Å². The van der Waals surface area contributed by atoms with Gasteiger partial charge >= 0.3 is 0 Å². The lowest BCUT2D eigenvalue weighted by atomic mass is 10.1. The van der Waals surface area contributed by atoms with Crippen molar-refractivity contribution in [1.82, 2.24) is 29.4 Å². The van der Waals surface area contributed by atoms with E-state index in [4.69, 9.17) is 0 Å². The molecule has 8 heteroatoms. The summed E-state index contributed by atoms with van der Waals surface area (Å²) < 4.78 is 3.74. The van der Waals surface area contributed by atoms with Crippen LogP contribution in [0.5, 0.6) is 0 Å². The summed E-state index contributed by atoms with van der Waals surface area (Å²) in [7, 11) is 0. The number of aliphatic hydroxyl groups excluding tert-OH is 1. The average molecular weight is 340 g/mol. The molecular formula is C17H20N6O2. The first kappa shape index (κ1) is 15.8. The van der Waals surface area contributed by atoms with Gasteiger partial charge in [-0.15, -0.1) is 5.10 Å². The summed E-state index contributed by atoms with van der Waals surface area (Å²) in [6.45, 7) is 3.54. The summed E-state index contributed by atoms with van der Waals surface area (Å²) in [4.78, 5) is 18.5. The monoisotopic (exact) mass is 340 g/mol. The van der Waals surface area contributed by atoms with Gasteiger partial charge in [-0.1, -0.05) is 17.3 Å². The van der Waals surface area contributed by atoms with Crippen LogP contribution in [0.25, 0.3) is 11.0 Å². The van der Waals surface area contributed by atoms with Gasteiger partial charge < -0.3 is 14.6 Å². The van der Waals surface area contributed by atoms with Crippen LogP contribution in [0.1, 0.15) is 31.2 Å². The molecule has 0 aliphatic carbocycles. The van der Waals surface area contributed by atoms with Gasteiger partial charge in [-0.3, -0.25) is 4.79 Å². The fourth-order valence-corrected chi connectivity index (χ4v) is 3.05. The molecule has 4 rings (SSSR count). The highest BCUT2D eigenvalue weighted by Crippen LogP contribution is 2.22. The number of hydrogen-bond donors (Lipinski definition) is 1. The van der Waals surface area contributed by atoms with Gasteiger partial charge in [-0.05, 0) is 19.1 Å². The second-order valence-corrected chi connectivity index (χ2v) is 6.43. The summed E-state index contributed by atoms with van der Waals surface area (Å²) in [6.07, 6.45) is 3.35. The molecule has 1 saturated heterocycles. The minimum atomic E-state index is -0.628. The standard InChI is InChI=1S/C17H20N6O2/c1-12(24)15-10-23(20-19-15)13-8-22(9-13)17(25)6-7-21-11-18-14-4-2-3-5-16(14)21/h2-5,10-13,24H,6-9H2,1H3. The molecule has 0 saturated carbocycles. The number of carbonyl (C=O) groups is 1. The topological polar surface area (TPSA) is 89.1 Å². The summed E-state index contributed by atoms with van der Waals surface area (Å²) >= 11 is 0. The highest BCUT2D eigenvalue weighted by molar-refractivity contribution is 5.78. The molecule has 3 heterocycles. The van der Waals surface area contributed by atoms with E-state index in [2.05, 4.69) is 15.3 Å². The Morgan fingerprint density at radius 2 is 2.16 bits per heavy atom. The lowest BCUT2D eigenvalue weighted by Gasteiger charge is -2.39. The molecule has 1 unspecified atom stereocenters. The Balaban J connectivity index is 1.31. The number of hydrogen-bond acceptors (Lipinski definition) is 5. The van der Waals surface area contributed by atoms with E-state index in [-0.39, 0.29) is 11.9 Å². The molecule has 0 radical (unpaired) electrons. The molecule has 1 aliphatic heterocycles. The first-order valence-electron chi connectivity index (χ1n) is 8.39. The first-order valence-corrected chi connectivity index (χ1v) is 8.39. The number of rotatable bonds is 5. The lowest BCUT2D eigenvalue weighted by molar-refractivity contribution is -0.137. The van der Waals surface area contributed by atoms with Crippen LogP contribution >= 0.6 is 0 Å². The quantitative estimate of drug-likeness (QED) is 0.753. The fraction of sp³-hybridized carbons (Fsp3) is 0.412. The molecule has 1 amide bonds. The van der Waals surface area contributed by atoms with E-state index in [1.165, 1.54) is 0 Å². The molecule has 1 aliphatic rings. The second kappa shape index (κ2) is 6.29. The second-order valence-electron chi connectivity index (χ2n) is 6.43. The number of imidazole rings is 1. The van der Waals surface area contributed by atoms with Crippen molar-refractivity contribution < 1.29 is 9.90 Å². The number of benzene rings is 1. The summed E-state index contributed by atoms with van der Waals surface area (Å²) in [5.41, 5.74) is 2.54. The largest absolute Gasteiger partial charge is 0.387 e. The van der Waals surface area contributed by atoms with Crippen LogP contribution in [-0.2, 0) is 11.3 Å². The zero-order valence-electron chi connectivity index (χ0n) is 14.0. The Kier molecular flexibility index (Phi) is 3.96. The molecule has 1 aromatic carbocycles. The van der Waals surface area contributed by atoms with E-state index in [0.717, 1.165) is 11.0 Å². The van der Waals surface area contributed by atoms with Gasteiger partial charge in [-0.2, -0.15) is 0 Å². The summed E-state index contributed by atoms with van der Waals surface area (Å²) in [5, 5.41) is 17.5. The Morgan fingerprint density at radius 3 is 2.92 bits per heavy atom. The molecular weight excluding hydrogens is 320 g/mol. The maximum Gasteiger partial charge on any atom is 0.224 e. The van der Waals surface area contributed by atoms with E-state index >= 15 is 0 Å². The normalized spacial score (nSPS) is 16.2. The average Bonchev–Trinajstić information content (AvgIpc) is 3.19. The van der Waals surface area contributed by atoms with Crippen LogP contribution in [0.3, 0.4) is 0 Å². The predicted molar refractivity (Wildman–Crippen MR) is 90.6 cm³/mol. The predicted octanol–water partition coefficient (Wildman–Crippen LogP) is 1.15. The van der Waals surface area contributed by atoms with Crippen LogP contribution < -0.4 is 0 Å². The zero-order valence-corrected chi connectivity index (χ0v) is 14.0. The van der Waals surface area contributed by atoms with Gasteiger partial charge in [0, 0.05) is 26.1 Å². The molecule has 25 heavy (non-hydrogen) atoms. The molecule has 1 fully saturated rings. The third-order valence-electron chi connectivity index (χ3n) is 4.64. The Bertz CT molecular complexity index is 893. The summed E-state index contributed by atoms with van der Waals surface area (Å²) in [6, 6.07) is 8.04. The van der Waals surface area contributed by atoms with Crippen molar-refractivity contribution >= 4 is 16.9 Å². The van der Waals surface area contributed by atoms with Crippen molar-refractivity contribution in [2.75, 3.05) is 13.1 Å². The molecule has 1 N–H and O–H groups in total.